The molecule has 0 saturated heterocycles. The van der Waals surface area contributed by atoms with E-state index in [1.807, 2.05) is 0 Å². The smallest absolute Gasteiger partial charge is 0.303 e. The predicted molar refractivity (Wildman–Crippen MR) is 78.0 cm³/mol. The lowest BCUT2D eigenvalue weighted by Gasteiger charge is -2.31. The van der Waals surface area contributed by atoms with Crippen molar-refractivity contribution in [2.24, 2.45) is 0 Å². The minimum absolute atomic E-state index is 0.240. The molecule has 0 aromatic heterocycles. The number of aliphatic hydroxyl groups excluding tert-OH is 1. The molecule has 2 N–H and O–H groups in total. The first-order valence-corrected chi connectivity index (χ1v) is 7.24. The summed E-state index contributed by atoms with van der Waals surface area (Å²) in [6.07, 6.45) is 8.58. The SMILES string of the molecule is CC/C=C/CCC(O)C[N+](C)(C)CCCCC(=O)O. The van der Waals surface area contributed by atoms with Gasteiger partial charge in [-0.25, -0.2) is 0 Å². The molecule has 112 valence electrons. The van der Waals surface area contributed by atoms with Crippen molar-refractivity contribution >= 4 is 5.97 Å². The third kappa shape index (κ3) is 11.9. The number of aliphatic hydroxyl groups is 1. The topological polar surface area (TPSA) is 57.5 Å². The Hall–Kier alpha value is -0.870. The van der Waals surface area contributed by atoms with Crippen molar-refractivity contribution in [3.05, 3.63) is 12.2 Å². The number of carboxylic acids is 1. The Labute approximate surface area is 117 Å². The van der Waals surface area contributed by atoms with Crippen LogP contribution in [0.4, 0.5) is 0 Å². The highest BCUT2D eigenvalue weighted by Gasteiger charge is 2.19. The number of carbonyl (C=O) groups is 1. The van der Waals surface area contributed by atoms with Gasteiger partial charge in [0.15, 0.2) is 0 Å². The molecular weight excluding hydrogens is 242 g/mol. The molecule has 1 unspecified atom stereocenters. The molecule has 0 spiro atoms. The highest BCUT2D eigenvalue weighted by molar-refractivity contribution is 5.66. The maximum absolute atomic E-state index is 10.4. The first kappa shape index (κ1) is 18.1. The largest absolute Gasteiger partial charge is 0.481 e. The molecule has 0 amide bonds. The fourth-order valence-corrected chi connectivity index (χ4v) is 2.14. The molecular formula is C15H30NO3+. The number of likely N-dealkylation sites (N-methyl/N-ethyl adjacent to an activating group) is 1. The Morgan fingerprint density at radius 3 is 2.53 bits per heavy atom. The Bertz CT molecular complexity index is 275. The molecule has 0 aliphatic heterocycles. The monoisotopic (exact) mass is 272 g/mol. The van der Waals surface area contributed by atoms with E-state index in [4.69, 9.17) is 5.11 Å². The molecule has 0 fully saturated rings. The molecule has 4 nitrogen and oxygen atoms in total. The van der Waals surface area contributed by atoms with Crippen molar-refractivity contribution in [3.63, 3.8) is 0 Å². The lowest BCUT2D eigenvalue weighted by atomic mass is 10.1. The van der Waals surface area contributed by atoms with Crippen LogP contribution in [0.3, 0.4) is 0 Å². The number of hydrogen-bond donors (Lipinski definition) is 2. The number of carboxylic acid groups (broad SMARTS) is 1. The van der Waals surface area contributed by atoms with Gasteiger partial charge in [-0.2, -0.15) is 0 Å². The number of nitrogens with zero attached hydrogens (tertiary/aromatic N) is 1. The van der Waals surface area contributed by atoms with Gasteiger partial charge in [-0.3, -0.25) is 4.79 Å². The summed E-state index contributed by atoms with van der Waals surface area (Å²) in [6.45, 7) is 3.74. The van der Waals surface area contributed by atoms with Crippen LogP contribution in [0, 0.1) is 0 Å². The Kier molecular flexibility index (Phi) is 9.53. The molecule has 4 heteroatoms. The number of allylic oxidation sites excluding steroid dienone is 2. The van der Waals surface area contributed by atoms with Gasteiger partial charge in [0.05, 0.1) is 20.6 Å². The van der Waals surface area contributed by atoms with Crippen LogP contribution >= 0.6 is 0 Å². The van der Waals surface area contributed by atoms with Crippen molar-refractivity contribution in [1.29, 1.82) is 0 Å². The van der Waals surface area contributed by atoms with E-state index in [1.54, 1.807) is 0 Å². The summed E-state index contributed by atoms with van der Waals surface area (Å²) in [7, 11) is 4.18. The highest BCUT2D eigenvalue weighted by Crippen LogP contribution is 2.08. The second kappa shape index (κ2) is 9.98. The van der Waals surface area contributed by atoms with Crippen LogP contribution in [-0.2, 0) is 4.79 Å². The highest BCUT2D eigenvalue weighted by atomic mass is 16.4. The normalized spacial score (nSPS) is 13.9. The Balaban J connectivity index is 3.80. The van der Waals surface area contributed by atoms with Crippen molar-refractivity contribution in [2.45, 2.75) is 51.6 Å². The average molecular weight is 272 g/mol. The van der Waals surface area contributed by atoms with Crippen LogP contribution in [0.25, 0.3) is 0 Å². The van der Waals surface area contributed by atoms with Gasteiger partial charge in [0, 0.05) is 6.42 Å². The van der Waals surface area contributed by atoms with E-state index >= 15 is 0 Å². The number of rotatable bonds is 11. The van der Waals surface area contributed by atoms with Crippen molar-refractivity contribution in [1.82, 2.24) is 0 Å². The Morgan fingerprint density at radius 1 is 1.26 bits per heavy atom. The molecule has 19 heavy (non-hydrogen) atoms. The maximum Gasteiger partial charge on any atom is 0.303 e. The van der Waals surface area contributed by atoms with E-state index in [1.165, 1.54) is 0 Å². The van der Waals surface area contributed by atoms with Crippen LogP contribution in [0.5, 0.6) is 0 Å². The maximum atomic E-state index is 10.4. The summed E-state index contributed by atoms with van der Waals surface area (Å²) in [6, 6.07) is 0. The van der Waals surface area contributed by atoms with Gasteiger partial charge in [0.2, 0.25) is 0 Å². The van der Waals surface area contributed by atoms with Gasteiger partial charge < -0.3 is 14.7 Å². The predicted octanol–water partition coefficient (Wildman–Crippen LogP) is 2.42. The minimum Gasteiger partial charge on any atom is -0.481 e. The number of unbranched alkanes of at least 4 members (excludes halogenated alkanes) is 1. The average Bonchev–Trinajstić information content (AvgIpc) is 2.29. The minimum atomic E-state index is -0.729. The standard InChI is InChI=1S/C15H29NO3/c1-4-5-6-7-10-14(17)13-16(2,3)12-9-8-11-15(18)19/h5-6,14,17H,4,7-13H2,1-3H3/p+1/b6-5+. The fraction of sp³-hybridized carbons (Fsp3) is 0.800. The molecule has 0 aromatic carbocycles. The molecule has 0 aromatic rings. The first-order chi connectivity index (χ1) is 8.87. The molecule has 0 radical (unpaired) electrons. The summed E-state index contributed by atoms with van der Waals surface area (Å²) in [4.78, 5) is 10.4. The molecule has 0 rings (SSSR count). The van der Waals surface area contributed by atoms with Gasteiger partial charge in [0.1, 0.15) is 12.6 Å². The zero-order valence-electron chi connectivity index (χ0n) is 12.6. The van der Waals surface area contributed by atoms with E-state index in [0.29, 0.717) is 6.42 Å². The third-order valence-corrected chi connectivity index (χ3v) is 3.18. The molecule has 0 heterocycles. The van der Waals surface area contributed by atoms with E-state index in [0.717, 1.165) is 43.3 Å². The fourth-order valence-electron chi connectivity index (χ4n) is 2.14. The zero-order chi connectivity index (χ0) is 14.7. The lowest BCUT2D eigenvalue weighted by Crippen LogP contribution is -2.46. The first-order valence-electron chi connectivity index (χ1n) is 7.24. The van der Waals surface area contributed by atoms with E-state index in [2.05, 4.69) is 33.2 Å². The molecule has 0 aliphatic rings. The van der Waals surface area contributed by atoms with Gasteiger partial charge in [-0.1, -0.05) is 19.1 Å². The van der Waals surface area contributed by atoms with Gasteiger partial charge in [0.25, 0.3) is 0 Å². The Morgan fingerprint density at radius 2 is 1.95 bits per heavy atom. The third-order valence-electron chi connectivity index (χ3n) is 3.18. The second-order valence-electron chi connectivity index (χ2n) is 5.80. The molecule has 0 bridgehead atoms. The number of quaternary nitrogens is 1. The van der Waals surface area contributed by atoms with Gasteiger partial charge in [-0.15, -0.1) is 0 Å². The van der Waals surface area contributed by atoms with E-state index < -0.39 is 5.97 Å². The van der Waals surface area contributed by atoms with Crippen molar-refractivity contribution in [2.75, 3.05) is 27.2 Å². The molecule has 1 atom stereocenters. The van der Waals surface area contributed by atoms with Crippen LogP contribution in [0.2, 0.25) is 0 Å². The molecule has 0 saturated carbocycles. The van der Waals surface area contributed by atoms with Crippen molar-refractivity contribution < 1.29 is 19.5 Å². The summed E-state index contributed by atoms with van der Waals surface area (Å²) in [5.41, 5.74) is 0. The van der Waals surface area contributed by atoms with Crippen LogP contribution in [0.15, 0.2) is 12.2 Å². The molecule has 0 aliphatic carbocycles. The van der Waals surface area contributed by atoms with Gasteiger partial charge in [-0.05, 0) is 32.1 Å². The van der Waals surface area contributed by atoms with Crippen LogP contribution in [-0.4, -0.2) is 54.0 Å². The summed E-state index contributed by atoms with van der Waals surface area (Å²) >= 11 is 0. The van der Waals surface area contributed by atoms with Crippen LogP contribution in [0.1, 0.15) is 45.4 Å². The van der Waals surface area contributed by atoms with Crippen LogP contribution < -0.4 is 0 Å². The quantitative estimate of drug-likeness (QED) is 0.345. The zero-order valence-corrected chi connectivity index (χ0v) is 12.6. The lowest BCUT2D eigenvalue weighted by molar-refractivity contribution is -0.893. The number of aliphatic carboxylic acids is 1. The van der Waals surface area contributed by atoms with E-state index in [-0.39, 0.29) is 12.5 Å². The summed E-state index contributed by atoms with van der Waals surface area (Å²) in [5, 5.41) is 18.6. The second-order valence-corrected chi connectivity index (χ2v) is 5.80. The van der Waals surface area contributed by atoms with Crippen molar-refractivity contribution in [3.8, 4) is 0 Å². The summed E-state index contributed by atoms with van der Waals surface area (Å²) in [5.74, 6) is -0.729. The van der Waals surface area contributed by atoms with Gasteiger partial charge >= 0.3 is 5.97 Å². The number of hydrogen-bond acceptors (Lipinski definition) is 2. The van der Waals surface area contributed by atoms with E-state index in [9.17, 15) is 9.90 Å². The summed E-state index contributed by atoms with van der Waals surface area (Å²) < 4.78 is 0.748.